The van der Waals surface area contributed by atoms with Crippen LogP contribution < -0.4 is 4.74 Å². The van der Waals surface area contributed by atoms with Crippen LogP contribution in [0, 0.1) is 0 Å². The van der Waals surface area contributed by atoms with Crippen LogP contribution >= 0.6 is 23.2 Å². The van der Waals surface area contributed by atoms with E-state index in [9.17, 15) is 4.79 Å². The van der Waals surface area contributed by atoms with Crippen molar-refractivity contribution in [3.63, 3.8) is 0 Å². The number of rotatable bonds is 4. The summed E-state index contributed by atoms with van der Waals surface area (Å²) in [6.45, 7) is 0. The zero-order valence-corrected chi connectivity index (χ0v) is 10.8. The fourth-order valence-corrected chi connectivity index (χ4v) is 1.92. The number of ether oxygens (including phenoxy) is 1. The molecule has 0 heterocycles. The third-order valence-corrected chi connectivity index (χ3v) is 3.18. The van der Waals surface area contributed by atoms with E-state index in [-0.39, 0.29) is 0 Å². The van der Waals surface area contributed by atoms with Gasteiger partial charge in [0.2, 0.25) is 0 Å². The molecule has 1 rings (SSSR count). The van der Waals surface area contributed by atoms with Crippen LogP contribution in [0.4, 0.5) is 0 Å². The van der Waals surface area contributed by atoms with E-state index in [0.717, 1.165) is 6.29 Å². The van der Waals surface area contributed by atoms with Gasteiger partial charge in [-0.15, -0.1) is 0 Å². The van der Waals surface area contributed by atoms with Crippen LogP contribution in [0.5, 0.6) is 5.75 Å². The summed E-state index contributed by atoms with van der Waals surface area (Å²) in [5.74, 6) is 0.499. The molecule has 1 unspecified atom stereocenters. The molecule has 0 bridgehead atoms. The van der Waals surface area contributed by atoms with Crippen LogP contribution in [0.1, 0.15) is 11.6 Å². The first-order chi connectivity index (χ1) is 7.52. The van der Waals surface area contributed by atoms with Gasteiger partial charge in [-0.1, -0.05) is 29.3 Å². The third-order valence-electron chi connectivity index (χ3n) is 2.30. The van der Waals surface area contributed by atoms with Crippen molar-refractivity contribution in [1.29, 1.82) is 0 Å². The van der Waals surface area contributed by atoms with E-state index >= 15 is 0 Å². The SMILES string of the molecule is COc1ccc(C(C=O)N(C)C)c(Cl)c1Cl. The number of likely N-dealkylation sites (N-methyl/N-ethyl adjacent to an activating group) is 1. The van der Waals surface area contributed by atoms with Gasteiger partial charge in [-0.25, -0.2) is 0 Å². The van der Waals surface area contributed by atoms with E-state index in [0.29, 0.717) is 21.4 Å². The number of carbonyl (C=O) groups is 1. The molecule has 88 valence electrons. The van der Waals surface area contributed by atoms with Gasteiger partial charge >= 0.3 is 0 Å². The molecule has 0 aromatic heterocycles. The standard InChI is InChI=1S/C11H13Cl2NO2/c1-14(2)8(6-15)7-4-5-9(16-3)11(13)10(7)12/h4-6,8H,1-3H3. The molecule has 1 aromatic rings. The molecule has 0 N–H and O–H groups in total. The molecular formula is C11H13Cl2NO2. The molecule has 1 atom stereocenters. The smallest absolute Gasteiger partial charge is 0.141 e. The number of halogens is 2. The lowest BCUT2D eigenvalue weighted by atomic mass is 10.1. The summed E-state index contributed by atoms with van der Waals surface area (Å²) in [5, 5.41) is 0.683. The number of hydrogen-bond donors (Lipinski definition) is 0. The molecular weight excluding hydrogens is 249 g/mol. The van der Waals surface area contributed by atoms with Crippen molar-refractivity contribution in [2.24, 2.45) is 0 Å². The predicted molar refractivity (Wildman–Crippen MR) is 65.5 cm³/mol. The second-order valence-corrected chi connectivity index (χ2v) is 4.29. The van der Waals surface area contributed by atoms with Gasteiger partial charge in [0.25, 0.3) is 0 Å². The molecule has 0 fully saturated rings. The molecule has 5 heteroatoms. The maximum Gasteiger partial charge on any atom is 0.141 e. The summed E-state index contributed by atoms with van der Waals surface area (Å²) in [7, 11) is 5.11. The summed E-state index contributed by atoms with van der Waals surface area (Å²) in [4.78, 5) is 12.8. The Morgan fingerprint density at radius 3 is 2.38 bits per heavy atom. The number of aldehydes is 1. The normalized spacial score (nSPS) is 12.6. The number of benzene rings is 1. The van der Waals surface area contributed by atoms with Crippen LogP contribution in [0.15, 0.2) is 12.1 Å². The largest absolute Gasteiger partial charge is 0.495 e. The van der Waals surface area contributed by atoms with Crippen molar-refractivity contribution in [2.75, 3.05) is 21.2 Å². The van der Waals surface area contributed by atoms with Crippen molar-refractivity contribution >= 4 is 29.5 Å². The van der Waals surface area contributed by atoms with Gasteiger partial charge in [-0.3, -0.25) is 4.90 Å². The number of hydrogen-bond acceptors (Lipinski definition) is 3. The highest BCUT2D eigenvalue weighted by molar-refractivity contribution is 6.43. The second-order valence-electron chi connectivity index (χ2n) is 3.53. The Morgan fingerprint density at radius 1 is 1.31 bits per heavy atom. The van der Waals surface area contributed by atoms with Crippen molar-refractivity contribution in [3.8, 4) is 5.75 Å². The zero-order valence-electron chi connectivity index (χ0n) is 9.33. The first-order valence-corrected chi connectivity index (χ1v) is 5.42. The zero-order chi connectivity index (χ0) is 12.3. The highest BCUT2D eigenvalue weighted by Crippen LogP contribution is 2.37. The van der Waals surface area contributed by atoms with Gasteiger partial charge in [-0.05, 0) is 25.7 Å². The highest BCUT2D eigenvalue weighted by Gasteiger charge is 2.19. The van der Waals surface area contributed by atoms with E-state index in [4.69, 9.17) is 27.9 Å². The van der Waals surface area contributed by atoms with Crippen LogP contribution in [0.25, 0.3) is 0 Å². The van der Waals surface area contributed by atoms with Gasteiger partial charge < -0.3 is 9.53 Å². The highest BCUT2D eigenvalue weighted by atomic mass is 35.5. The average Bonchev–Trinajstić information content (AvgIpc) is 2.25. The fourth-order valence-electron chi connectivity index (χ4n) is 1.41. The molecule has 0 saturated carbocycles. The maximum absolute atomic E-state index is 11.0. The summed E-state index contributed by atoms with van der Waals surface area (Å²) in [6.07, 6.45) is 0.823. The Hall–Kier alpha value is -0.770. The van der Waals surface area contributed by atoms with Crippen molar-refractivity contribution in [3.05, 3.63) is 27.7 Å². The maximum atomic E-state index is 11.0. The second kappa shape index (κ2) is 5.53. The summed E-state index contributed by atoms with van der Waals surface area (Å²) >= 11 is 12.1. The molecule has 0 aliphatic heterocycles. The third kappa shape index (κ3) is 2.48. The molecule has 0 spiro atoms. The van der Waals surface area contributed by atoms with E-state index in [1.165, 1.54) is 7.11 Å². The van der Waals surface area contributed by atoms with Gasteiger partial charge in [0, 0.05) is 0 Å². The van der Waals surface area contributed by atoms with Gasteiger partial charge in [0.1, 0.15) is 17.1 Å². The lowest BCUT2D eigenvalue weighted by Crippen LogP contribution is -2.21. The molecule has 0 amide bonds. The van der Waals surface area contributed by atoms with Crippen LogP contribution in [-0.2, 0) is 4.79 Å². The van der Waals surface area contributed by atoms with E-state index in [1.54, 1.807) is 31.1 Å². The Kier molecular flexibility index (Phi) is 4.59. The van der Waals surface area contributed by atoms with Crippen LogP contribution in [-0.4, -0.2) is 32.4 Å². The number of carbonyl (C=O) groups excluding carboxylic acids is 1. The topological polar surface area (TPSA) is 29.5 Å². The lowest BCUT2D eigenvalue weighted by molar-refractivity contribution is -0.111. The Labute approximate surface area is 105 Å². The Bertz CT molecular complexity index is 394. The molecule has 0 aliphatic carbocycles. The summed E-state index contributed by atoms with van der Waals surface area (Å²) in [5.41, 5.74) is 0.674. The van der Waals surface area contributed by atoms with Gasteiger partial charge in [0.15, 0.2) is 0 Å². The first-order valence-electron chi connectivity index (χ1n) is 4.66. The number of methoxy groups -OCH3 is 1. The van der Waals surface area contributed by atoms with E-state index in [1.807, 2.05) is 0 Å². The van der Waals surface area contributed by atoms with Gasteiger partial charge in [-0.2, -0.15) is 0 Å². The summed E-state index contributed by atoms with van der Waals surface area (Å²) < 4.78 is 5.04. The van der Waals surface area contributed by atoms with Gasteiger partial charge in [0.05, 0.1) is 18.2 Å². The van der Waals surface area contributed by atoms with Crippen LogP contribution in [0.3, 0.4) is 0 Å². The average molecular weight is 262 g/mol. The van der Waals surface area contributed by atoms with Crippen molar-refractivity contribution in [2.45, 2.75) is 6.04 Å². The fraction of sp³-hybridized carbons (Fsp3) is 0.364. The van der Waals surface area contributed by atoms with Crippen molar-refractivity contribution < 1.29 is 9.53 Å². The molecule has 16 heavy (non-hydrogen) atoms. The minimum absolute atomic E-state index is 0.329. The van der Waals surface area contributed by atoms with Crippen molar-refractivity contribution in [1.82, 2.24) is 4.90 Å². The lowest BCUT2D eigenvalue weighted by Gasteiger charge is -2.20. The number of nitrogens with zero attached hydrogens (tertiary/aromatic N) is 1. The predicted octanol–water partition coefficient (Wildman–Crippen LogP) is 2.80. The minimum atomic E-state index is -0.407. The monoisotopic (exact) mass is 261 g/mol. The molecule has 0 saturated heterocycles. The summed E-state index contributed by atoms with van der Waals surface area (Å²) in [6, 6.07) is 3.03. The molecule has 1 aromatic carbocycles. The first kappa shape index (κ1) is 13.3. The van der Waals surface area contributed by atoms with E-state index < -0.39 is 6.04 Å². The molecule has 0 radical (unpaired) electrons. The molecule has 0 aliphatic rings. The quantitative estimate of drug-likeness (QED) is 0.781. The Morgan fingerprint density at radius 2 is 1.94 bits per heavy atom. The minimum Gasteiger partial charge on any atom is -0.495 e. The molecule has 3 nitrogen and oxygen atoms in total. The van der Waals surface area contributed by atoms with Crippen LogP contribution in [0.2, 0.25) is 10.0 Å². The van der Waals surface area contributed by atoms with E-state index in [2.05, 4.69) is 0 Å². The Balaban J connectivity index is 3.25.